The third-order valence-electron chi connectivity index (χ3n) is 2.72. The van der Waals surface area contributed by atoms with Crippen LogP contribution < -0.4 is 5.32 Å². The van der Waals surface area contributed by atoms with Gasteiger partial charge in [-0.05, 0) is 19.8 Å². The first-order valence-corrected chi connectivity index (χ1v) is 7.82. The van der Waals surface area contributed by atoms with E-state index >= 15 is 0 Å². The van der Waals surface area contributed by atoms with E-state index in [9.17, 15) is 4.79 Å². The maximum Gasteiger partial charge on any atom is 0.318 e. The fourth-order valence-corrected chi connectivity index (χ4v) is 3.63. The van der Waals surface area contributed by atoms with Crippen molar-refractivity contribution in [1.82, 2.24) is 10.2 Å². The van der Waals surface area contributed by atoms with Gasteiger partial charge in [0.05, 0.1) is 13.2 Å². The third-order valence-corrected chi connectivity index (χ3v) is 4.77. The van der Waals surface area contributed by atoms with Crippen LogP contribution in [0.15, 0.2) is 4.34 Å². The summed E-state index contributed by atoms with van der Waals surface area (Å²) < 4.78 is 10.9. The number of rotatable bonds is 6. The Kier molecular flexibility index (Phi) is 5.41. The van der Waals surface area contributed by atoms with Crippen LogP contribution in [0.3, 0.4) is 0 Å². The smallest absolute Gasteiger partial charge is 0.318 e. The molecule has 1 aromatic rings. The van der Waals surface area contributed by atoms with E-state index in [2.05, 4.69) is 20.3 Å². The first kappa shape index (κ1) is 14.5. The summed E-state index contributed by atoms with van der Waals surface area (Å²) in [7, 11) is 1.38. The highest BCUT2D eigenvalue weighted by molar-refractivity contribution is 8.02. The van der Waals surface area contributed by atoms with Gasteiger partial charge in [-0.15, -0.1) is 10.2 Å². The Labute approximate surface area is 120 Å². The topological polar surface area (TPSA) is 73.3 Å². The molecule has 0 aromatic carbocycles. The van der Waals surface area contributed by atoms with Crippen LogP contribution in [0.5, 0.6) is 0 Å². The van der Waals surface area contributed by atoms with Crippen molar-refractivity contribution in [3.8, 4) is 0 Å². The van der Waals surface area contributed by atoms with E-state index < -0.39 is 0 Å². The first-order valence-electron chi connectivity index (χ1n) is 6.12. The number of aromatic nitrogens is 2. The fourth-order valence-electron chi connectivity index (χ4n) is 1.70. The van der Waals surface area contributed by atoms with Crippen molar-refractivity contribution in [3.05, 3.63) is 0 Å². The van der Waals surface area contributed by atoms with Crippen molar-refractivity contribution in [1.29, 1.82) is 0 Å². The Morgan fingerprint density at radius 2 is 2.53 bits per heavy atom. The Bertz CT molecular complexity index is 421. The highest BCUT2D eigenvalue weighted by Crippen LogP contribution is 2.29. The maximum absolute atomic E-state index is 11.3. The van der Waals surface area contributed by atoms with E-state index in [1.54, 1.807) is 6.92 Å². The summed E-state index contributed by atoms with van der Waals surface area (Å²) in [5.41, 5.74) is 0. The van der Waals surface area contributed by atoms with Crippen molar-refractivity contribution >= 4 is 34.2 Å². The molecule has 2 atom stereocenters. The number of esters is 1. The summed E-state index contributed by atoms with van der Waals surface area (Å²) in [4.78, 5) is 11.3. The molecule has 1 aromatic heterocycles. The predicted molar refractivity (Wildman–Crippen MR) is 74.7 cm³/mol. The van der Waals surface area contributed by atoms with Crippen LogP contribution in [0.4, 0.5) is 5.13 Å². The highest BCUT2D eigenvalue weighted by atomic mass is 32.2. The van der Waals surface area contributed by atoms with E-state index in [1.165, 1.54) is 30.2 Å². The number of hydrogen-bond acceptors (Lipinski definition) is 8. The van der Waals surface area contributed by atoms with Gasteiger partial charge < -0.3 is 14.8 Å². The summed E-state index contributed by atoms with van der Waals surface area (Å²) in [6, 6.07) is 0. The van der Waals surface area contributed by atoms with Crippen LogP contribution in [0.1, 0.15) is 19.8 Å². The molecule has 1 aliphatic heterocycles. The molecule has 1 aliphatic rings. The number of carbonyl (C=O) groups is 1. The molecule has 0 unspecified atom stereocenters. The number of methoxy groups -OCH3 is 1. The Balaban J connectivity index is 1.79. The number of hydrogen-bond donors (Lipinski definition) is 1. The number of ether oxygens (including phenoxy) is 2. The molecule has 0 aliphatic carbocycles. The zero-order valence-corrected chi connectivity index (χ0v) is 12.6. The van der Waals surface area contributed by atoms with Gasteiger partial charge in [0.1, 0.15) is 5.25 Å². The van der Waals surface area contributed by atoms with Crippen LogP contribution in [0.25, 0.3) is 0 Å². The maximum atomic E-state index is 11.3. The van der Waals surface area contributed by atoms with Crippen LogP contribution in [0, 0.1) is 0 Å². The van der Waals surface area contributed by atoms with E-state index in [0.29, 0.717) is 0 Å². The summed E-state index contributed by atoms with van der Waals surface area (Å²) in [5.74, 6) is -0.255. The molecule has 0 amide bonds. The largest absolute Gasteiger partial charge is 0.468 e. The number of nitrogens with zero attached hydrogens (tertiary/aromatic N) is 2. The minimum atomic E-state index is -0.274. The second-order valence-electron chi connectivity index (χ2n) is 4.17. The van der Waals surface area contributed by atoms with Crippen LogP contribution in [0.2, 0.25) is 0 Å². The lowest BCUT2D eigenvalue weighted by molar-refractivity contribution is -0.139. The molecule has 2 rings (SSSR count). The number of carbonyl (C=O) groups excluding carboxylic acids is 1. The lowest BCUT2D eigenvalue weighted by atomic mass is 10.2. The highest BCUT2D eigenvalue weighted by Gasteiger charge is 2.18. The molecule has 8 heteroatoms. The summed E-state index contributed by atoms with van der Waals surface area (Å²) in [5, 5.41) is 11.8. The van der Waals surface area contributed by atoms with Crippen molar-refractivity contribution < 1.29 is 14.3 Å². The Morgan fingerprint density at radius 3 is 3.21 bits per heavy atom. The molecule has 2 heterocycles. The minimum absolute atomic E-state index is 0.255. The first-order chi connectivity index (χ1) is 9.19. The third kappa shape index (κ3) is 4.32. The molecule has 0 spiro atoms. The van der Waals surface area contributed by atoms with Crippen molar-refractivity contribution in [3.63, 3.8) is 0 Å². The minimum Gasteiger partial charge on any atom is -0.468 e. The van der Waals surface area contributed by atoms with Gasteiger partial charge >= 0.3 is 5.97 Å². The number of anilines is 1. The molecule has 1 fully saturated rings. The van der Waals surface area contributed by atoms with Gasteiger partial charge in [0.2, 0.25) is 5.13 Å². The summed E-state index contributed by atoms with van der Waals surface area (Å²) >= 11 is 2.79. The molecule has 0 saturated carbocycles. The van der Waals surface area contributed by atoms with Gasteiger partial charge in [-0.1, -0.05) is 23.1 Å². The van der Waals surface area contributed by atoms with E-state index in [4.69, 9.17) is 4.74 Å². The second kappa shape index (κ2) is 7.06. The monoisotopic (exact) mass is 303 g/mol. The molecule has 6 nitrogen and oxygen atoms in total. The van der Waals surface area contributed by atoms with Crippen LogP contribution >= 0.6 is 23.1 Å². The standard InChI is InChI=1S/C11H17N3O3S2/c1-7(9(15)16-2)18-11-14-13-10(19-11)12-6-8-4-3-5-17-8/h7-8H,3-6H2,1-2H3,(H,12,13)/t7-,8-/m0/s1. The van der Waals surface area contributed by atoms with Crippen LogP contribution in [-0.4, -0.2) is 47.8 Å². The zero-order chi connectivity index (χ0) is 13.7. The van der Waals surface area contributed by atoms with Crippen LogP contribution in [-0.2, 0) is 14.3 Å². The predicted octanol–water partition coefficient (Wildman–Crippen LogP) is 1.78. The Morgan fingerprint density at radius 1 is 1.68 bits per heavy atom. The van der Waals surface area contributed by atoms with Crippen molar-refractivity contribution in [2.24, 2.45) is 0 Å². The summed E-state index contributed by atoms with van der Waals surface area (Å²) in [6.07, 6.45) is 2.49. The van der Waals surface area contributed by atoms with E-state index in [-0.39, 0.29) is 17.3 Å². The molecule has 0 bridgehead atoms. The zero-order valence-electron chi connectivity index (χ0n) is 10.9. The van der Waals surface area contributed by atoms with E-state index in [1.807, 2.05) is 0 Å². The lowest BCUT2D eigenvalue weighted by Crippen LogP contribution is -2.18. The van der Waals surface area contributed by atoms with E-state index in [0.717, 1.165) is 35.5 Å². The molecule has 0 radical (unpaired) electrons. The fraction of sp³-hybridized carbons (Fsp3) is 0.727. The molecule has 1 saturated heterocycles. The average molecular weight is 303 g/mol. The van der Waals surface area contributed by atoms with Gasteiger partial charge in [0.15, 0.2) is 4.34 Å². The normalized spacial score (nSPS) is 20.2. The quantitative estimate of drug-likeness (QED) is 0.634. The van der Waals surface area contributed by atoms with Gasteiger partial charge in [-0.2, -0.15) is 0 Å². The van der Waals surface area contributed by atoms with Gasteiger partial charge in [-0.3, -0.25) is 4.79 Å². The molecule has 106 valence electrons. The number of thioether (sulfide) groups is 1. The Hall–Kier alpha value is -0.860. The van der Waals surface area contributed by atoms with Gasteiger partial charge in [0.25, 0.3) is 0 Å². The average Bonchev–Trinajstić information content (AvgIpc) is 3.06. The molecular weight excluding hydrogens is 286 g/mol. The lowest BCUT2D eigenvalue weighted by Gasteiger charge is -2.08. The SMILES string of the molecule is COC(=O)[C@H](C)Sc1nnc(NC[C@@H]2CCCO2)s1. The van der Waals surface area contributed by atoms with Gasteiger partial charge in [0, 0.05) is 13.2 Å². The van der Waals surface area contributed by atoms with Crippen molar-refractivity contribution in [2.75, 3.05) is 25.6 Å². The molecule has 19 heavy (non-hydrogen) atoms. The van der Waals surface area contributed by atoms with Gasteiger partial charge in [-0.25, -0.2) is 0 Å². The molecule has 1 N–H and O–H groups in total. The second-order valence-corrected chi connectivity index (χ2v) is 6.74. The number of nitrogens with one attached hydrogen (secondary N) is 1. The summed E-state index contributed by atoms with van der Waals surface area (Å²) in [6.45, 7) is 3.39. The van der Waals surface area contributed by atoms with Crippen molar-refractivity contribution in [2.45, 2.75) is 35.5 Å². The molecular formula is C11H17N3O3S2.